The summed E-state index contributed by atoms with van der Waals surface area (Å²) in [6, 6.07) is 0.389. The molecule has 2 amide bonds. The third kappa shape index (κ3) is 3.49. The first-order valence-electron chi connectivity index (χ1n) is 7.27. The van der Waals surface area contributed by atoms with Crippen molar-refractivity contribution in [2.24, 2.45) is 0 Å². The first-order valence-corrected chi connectivity index (χ1v) is 7.27. The smallest absolute Gasteiger partial charge is 0.248 e. The van der Waals surface area contributed by atoms with Crippen molar-refractivity contribution in [3.63, 3.8) is 0 Å². The fourth-order valence-electron chi connectivity index (χ4n) is 3.19. The van der Waals surface area contributed by atoms with Crippen LogP contribution in [0.3, 0.4) is 0 Å². The first kappa shape index (κ1) is 15.3. The Kier molecular flexibility index (Phi) is 5.37. The molecule has 0 radical (unpaired) electrons. The van der Waals surface area contributed by atoms with Crippen LogP contribution in [-0.2, 0) is 19.1 Å². The van der Waals surface area contributed by atoms with Gasteiger partial charge in [-0.15, -0.1) is 0 Å². The molecule has 1 atom stereocenters. The Morgan fingerprint density at radius 2 is 1.95 bits per heavy atom. The van der Waals surface area contributed by atoms with Gasteiger partial charge in [0, 0.05) is 46.4 Å². The monoisotopic (exact) mass is 284 g/mol. The first-order chi connectivity index (χ1) is 9.63. The molecule has 2 aliphatic heterocycles. The summed E-state index contributed by atoms with van der Waals surface area (Å²) < 4.78 is 10.3. The lowest BCUT2D eigenvalue weighted by atomic mass is 10.0. The number of rotatable bonds is 4. The van der Waals surface area contributed by atoms with Gasteiger partial charge in [-0.25, -0.2) is 0 Å². The molecule has 0 aromatic rings. The fourth-order valence-corrected chi connectivity index (χ4v) is 3.19. The second-order valence-electron chi connectivity index (χ2n) is 5.49. The minimum Gasteiger partial charge on any atom is -0.381 e. The lowest BCUT2D eigenvalue weighted by Crippen LogP contribution is -2.49. The maximum absolute atomic E-state index is 12.0. The summed E-state index contributed by atoms with van der Waals surface area (Å²) in [5.74, 6) is 0.105. The second-order valence-corrected chi connectivity index (χ2v) is 5.49. The number of likely N-dealkylation sites (tertiary alicyclic amines) is 1. The zero-order valence-corrected chi connectivity index (χ0v) is 12.3. The second kappa shape index (κ2) is 7.04. The highest BCUT2D eigenvalue weighted by molar-refractivity contribution is 5.78. The molecule has 114 valence electrons. The Labute approximate surface area is 120 Å². The molecule has 0 aliphatic carbocycles. The van der Waals surface area contributed by atoms with E-state index in [0.717, 1.165) is 19.3 Å². The summed E-state index contributed by atoms with van der Waals surface area (Å²) in [5.41, 5.74) is 0. The van der Waals surface area contributed by atoms with Crippen molar-refractivity contribution < 1.29 is 19.1 Å². The Hall–Kier alpha value is -1.14. The van der Waals surface area contributed by atoms with E-state index in [9.17, 15) is 9.59 Å². The molecule has 2 heterocycles. The SMILES string of the molecule is COCC(=O)N1CCC(N(C(C)=O)C2CCOCC2)C1. The molecule has 6 nitrogen and oxygen atoms in total. The van der Waals surface area contributed by atoms with Crippen LogP contribution in [-0.4, -0.2) is 73.7 Å². The van der Waals surface area contributed by atoms with Crippen molar-refractivity contribution in [1.82, 2.24) is 9.80 Å². The van der Waals surface area contributed by atoms with Crippen LogP contribution in [0, 0.1) is 0 Å². The summed E-state index contributed by atoms with van der Waals surface area (Å²) >= 11 is 0. The van der Waals surface area contributed by atoms with E-state index in [1.54, 1.807) is 11.8 Å². The number of amides is 2. The number of carbonyl (C=O) groups excluding carboxylic acids is 2. The van der Waals surface area contributed by atoms with Gasteiger partial charge in [-0.05, 0) is 19.3 Å². The molecule has 6 heteroatoms. The van der Waals surface area contributed by atoms with E-state index in [2.05, 4.69) is 0 Å². The molecule has 0 aromatic heterocycles. The Morgan fingerprint density at radius 3 is 2.55 bits per heavy atom. The van der Waals surface area contributed by atoms with Gasteiger partial charge in [0.05, 0.1) is 6.04 Å². The molecule has 2 aliphatic rings. The molecule has 0 N–H and O–H groups in total. The topological polar surface area (TPSA) is 59.1 Å². The maximum Gasteiger partial charge on any atom is 0.248 e. The van der Waals surface area contributed by atoms with Crippen LogP contribution in [0.25, 0.3) is 0 Å². The minimum absolute atomic E-state index is 0.00507. The molecule has 0 aromatic carbocycles. The lowest BCUT2D eigenvalue weighted by Gasteiger charge is -2.37. The molecule has 0 bridgehead atoms. The van der Waals surface area contributed by atoms with Crippen LogP contribution < -0.4 is 0 Å². The molecular formula is C14H24N2O4. The largest absolute Gasteiger partial charge is 0.381 e. The van der Waals surface area contributed by atoms with Crippen molar-refractivity contribution in [3.05, 3.63) is 0 Å². The van der Waals surface area contributed by atoms with E-state index in [4.69, 9.17) is 9.47 Å². The molecule has 0 saturated carbocycles. The van der Waals surface area contributed by atoms with Gasteiger partial charge in [-0.1, -0.05) is 0 Å². The van der Waals surface area contributed by atoms with Crippen LogP contribution in [0.1, 0.15) is 26.2 Å². The van der Waals surface area contributed by atoms with Crippen molar-refractivity contribution in [3.8, 4) is 0 Å². The van der Waals surface area contributed by atoms with Crippen molar-refractivity contribution >= 4 is 11.8 Å². The predicted molar refractivity (Wildman–Crippen MR) is 73.2 cm³/mol. The van der Waals surface area contributed by atoms with E-state index < -0.39 is 0 Å². The van der Waals surface area contributed by atoms with Crippen molar-refractivity contribution in [2.75, 3.05) is 40.0 Å². The Balaban J connectivity index is 1.97. The fraction of sp³-hybridized carbons (Fsp3) is 0.857. The quantitative estimate of drug-likeness (QED) is 0.743. The van der Waals surface area contributed by atoms with E-state index in [1.165, 1.54) is 7.11 Å². The zero-order valence-electron chi connectivity index (χ0n) is 12.3. The van der Waals surface area contributed by atoms with Crippen LogP contribution in [0.2, 0.25) is 0 Å². The van der Waals surface area contributed by atoms with Gasteiger partial charge in [0.1, 0.15) is 6.61 Å². The summed E-state index contributed by atoms with van der Waals surface area (Å²) in [5, 5.41) is 0. The lowest BCUT2D eigenvalue weighted by molar-refractivity contribution is -0.138. The normalized spacial score (nSPS) is 23.9. The van der Waals surface area contributed by atoms with E-state index in [0.29, 0.717) is 26.3 Å². The highest BCUT2D eigenvalue weighted by atomic mass is 16.5. The van der Waals surface area contributed by atoms with Crippen molar-refractivity contribution in [1.29, 1.82) is 0 Å². The number of ether oxygens (including phenoxy) is 2. The molecule has 1 unspecified atom stereocenters. The van der Waals surface area contributed by atoms with Gasteiger partial charge in [-0.2, -0.15) is 0 Å². The Morgan fingerprint density at radius 1 is 1.25 bits per heavy atom. The van der Waals surface area contributed by atoms with Crippen LogP contribution in [0.4, 0.5) is 0 Å². The average Bonchev–Trinajstić information content (AvgIpc) is 2.89. The standard InChI is InChI=1S/C14H24N2O4/c1-11(17)16(12-4-7-20-8-5-12)13-3-6-15(9-13)14(18)10-19-2/h12-13H,3-10H2,1-2H3. The minimum atomic E-state index is 0.00507. The van der Waals surface area contributed by atoms with Gasteiger partial charge >= 0.3 is 0 Å². The van der Waals surface area contributed by atoms with Crippen molar-refractivity contribution in [2.45, 2.75) is 38.3 Å². The molecule has 20 heavy (non-hydrogen) atoms. The number of hydrogen-bond donors (Lipinski definition) is 0. The third-order valence-electron chi connectivity index (χ3n) is 4.13. The van der Waals surface area contributed by atoms with Gasteiger partial charge in [0.25, 0.3) is 0 Å². The average molecular weight is 284 g/mol. The highest BCUT2D eigenvalue weighted by Gasteiger charge is 2.35. The highest BCUT2D eigenvalue weighted by Crippen LogP contribution is 2.23. The number of carbonyl (C=O) groups is 2. The maximum atomic E-state index is 12.0. The molecule has 2 fully saturated rings. The summed E-state index contributed by atoms with van der Waals surface area (Å²) in [4.78, 5) is 27.6. The van der Waals surface area contributed by atoms with E-state index in [-0.39, 0.29) is 30.5 Å². The van der Waals surface area contributed by atoms with Crippen LogP contribution in [0.5, 0.6) is 0 Å². The molecule has 2 saturated heterocycles. The number of nitrogens with zero attached hydrogens (tertiary/aromatic N) is 2. The summed E-state index contributed by atoms with van der Waals surface area (Å²) in [7, 11) is 1.52. The Bertz CT molecular complexity index is 355. The third-order valence-corrected chi connectivity index (χ3v) is 4.13. The molecular weight excluding hydrogens is 260 g/mol. The zero-order chi connectivity index (χ0) is 14.5. The van der Waals surface area contributed by atoms with Crippen LogP contribution in [0.15, 0.2) is 0 Å². The molecule has 2 rings (SSSR count). The van der Waals surface area contributed by atoms with Gasteiger partial charge in [0.15, 0.2) is 0 Å². The van der Waals surface area contributed by atoms with Crippen LogP contribution >= 0.6 is 0 Å². The van der Waals surface area contributed by atoms with E-state index >= 15 is 0 Å². The number of methoxy groups -OCH3 is 1. The molecule has 0 spiro atoms. The summed E-state index contributed by atoms with van der Waals surface area (Å²) in [6.07, 6.45) is 2.64. The number of hydrogen-bond acceptors (Lipinski definition) is 4. The predicted octanol–water partition coefficient (Wildman–Crippen LogP) is 0.261. The van der Waals surface area contributed by atoms with Gasteiger partial charge in [0.2, 0.25) is 11.8 Å². The summed E-state index contributed by atoms with van der Waals surface area (Å²) in [6.45, 7) is 4.50. The van der Waals surface area contributed by atoms with Gasteiger partial charge in [-0.3, -0.25) is 9.59 Å². The van der Waals surface area contributed by atoms with Gasteiger partial charge < -0.3 is 19.3 Å². The van der Waals surface area contributed by atoms with E-state index in [1.807, 2.05) is 4.90 Å².